The van der Waals surface area contributed by atoms with Gasteiger partial charge in [0.25, 0.3) is 0 Å². The molecule has 1 aliphatic rings. The van der Waals surface area contributed by atoms with Crippen molar-refractivity contribution in [1.82, 2.24) is 9.78 Å². The standard InChI is InChI=1S/C18H21F2N3O2/c1-10-5-6-15-16(7-10)25-11(2)9-22(15)17(24)8-14-12(3)21-23(13(14)4)18(19)20/h5-7,11,18H,8-9H2,1-4H3. The molecule has 3 rings (SSSR count). The Hall–Kier alpha value is -2.44. The van der Waals surface area contributed by atoms with Crippen molar-refractivity contribution in [2.45, 2.75) is 46.8 Å². The zero-order chi connectivity index (χ0) is 18.3. The largest absolute Gasteiger partial charge is 0.487 e. The number of nitrogens with zero attached hydrogens (tertiary/aromatic N) is 3. The van der Waals surface area contributed by atoms with E-state index in [9.17, 15) is 13.6 Å². The number of amides is 1. The van der Waals surface area contributed by atoms with Gasteiger partial charge in [-0.3, -0.25) is 4.79 Å². The molecule has 2 aromatic rings. The molecule has 0 spiro atoms. The molecule has 1 aliphatic heterocycles. The van der Waals surface area contributed by atoms with Crippen LogP contribution in [0.15, 0.2) is 18.2 Å². The first-order valence-corrected chi connectivity index (χ1v) is 8.18. The number of carbonyl (C=O) groups excluding carboxylic acids is 1. The third kappa shape index (κ3) is 3.23. The molecular weight excluding hydrogens is 328 g/mol. The highest BCUT2D eigenvalue weighted by Crippen LogP contribution is 2.35. The first-order chi connectivity index (χ1) is 11.8. The average molecular weight is 349 g/mol. The van der Waals surface area contributed by atoms with Gasteiger partial charge in [0.05, 0.1) is 24.3 Å². The predicted molar refractivity (Wildman–Crippen MR) is 90.3 cm³/mol. The van der Waals surface area contributed by atoms with Crippen LogP contribution in [0.3, 0.4) is 0 Å². The predicted octanol–water partition coefficient (Wildman–Crippen LogP) is 3.56. The summed E-state index contributed by atoms with van der Waals surface area (Å²) < 4.78 is 32.5. The van der Waals surface area contributed by atoms with Crippen LogP contribution in [0.25, 0.3) is 0 Å². The number of hydrogen-bond donors (Lipinski definition) is 0. The van der Waals surface area contributed by atoms with Crippen LogP contribution in [0.1, 0.15) is 36.0 Å². The molecule has 2 heterocycles. The van der Waals surface area contributed by atoms with Gasteiger partial charge in [0.15, 0.2) is 0 Å². The summed E-state index contributed by atoms with van der Waals surface area (Å²) in [5.41, 5.74) is 3.09. The molecule has 1 atom stereocenters. The lowest BCUT2D eigenvalue weighted by molar-refractivity contribution is -0.118. The van der Waals surface area contributed by atoms with Gasteiger partial charge >= 0.3 is 6.55 Å². The highest BCUT2D eigenvalue weighted by molar-refractivity contribution is 5.97. The minimum Gasteiger partial charge on any atom is -0.487 e. The Balaban J connectivity index is 1.90. The van der Waals surface area contributed by atoms with Crippen molar-refractivity contribution in [3.05, 3.63) is 40.7 Å². The number of rotatable bonds is 3. The lowest BCUT2D eigenvalue weighted by atomic mass is 10.1. The number of aryl methyl sites for hydroxylation is 2. The minimum absolute atomic E-state index is 0.0322. The third-order valence-corrected chi connectivity index (χ3v) is 4.46. The van der Waals surface area contributed by atoms with Crippen LogP contribution < -0.4 is 9.64 Å². The van der Waals surface area contributed by atoms with Crippen molar-refractivity contribution in [2.75, 3.05) is 11.4 Å². The summed E-state index contributed by atoms with van der Waals surface area (Å²) in [6, 6.07) is 5.68. The number of alkyl halides is 2. The summed E-state index contributed by atoms with van der Waals surface area (Å²) in [5.74, 6) is 0.518. The molecule has 5 nitrogen and oxygen atoms in total. The molecular formula is C18H21F2N3O2. The fourth-order valence-electron chi connectivity index (χ4n) is 3.17. The monoisotopic (exact) mass is 349 g/mol. The van der Waals surface area contributed by atoms with Gasteiger partial charge in [-0.25, -0.2) is 4.68 Å². The summed E-state index contributed by atoms with van der Waals surface area (Å²) in [4.78, 5) is 14.6. The van der Waals surface area contributed by atoms with Crippen molar-refractivity contribution in [2.24, 2.45) is 0 Å². The number of aromatic nitrogens is 2. The first-order valence-electron chi connectivity index (χ1n) is 8.18. The fraction of sp³-hybridized carbons (Fsp3) is 0.444. The Bertz CT molecular complexity index is 817. The van der Waals surface area contributed by atoms with Crippen LogP contribution in [-0.2, 0) is 11.2 Å². The maximum atomic E-state index is 13.0. The molecule has 0 N–H and O–H groups in total. The first kappa shape index (κ1) is 17.4. The normalized spacial score (nSPS) is 16.8. The van der Waals surface area contributed by atoms with Crippen LogP contribution in [0.5, 0.6) is 5.75 Å². The molecule has 1 amide bonds. The summed E-state index contributed by atoms with van der Waals surface area (Å²) in [6.45, 7) is 4.78. The summed E-state index contributed by atoms with van der Waals surface area (Å²) in [5, 5.41) is 3.85. The van der Waals surface area contributed by atoms with E-state index in [1.807, 2.05) is 32.0 Å². The number of fused-ring (bicyclic) bond motifs is 1. The van der Waals surface area contributed by atoms with Crippen LogP contribution in [0.2, 0.25) is 0 Å². The highest BCUT2D eigenvalue weighted by Gasteiger charge is 2.29. The number of benzene rings is 1. The van der Waals surface area contributed by atoms with Crippen molar-refractivity contribution in [3.8, 4) is 5.75 Å². The van der Waals surface area contributed by atoms with E-state index in [2.05, 4.69) is 5.10 Å². The molecule has 134 valence electrons. The molecule has 7 heteroatoms. The molecule has 0 fully saturated rings. The topological polar surface area (TPSA) is 47.4 Å². The Morgan fingerprint density at radius 2 is 2.08 bits per heavy atom. The van der Waals surface area contributed by atoms with Gasteiger partial charge in [0.2, 0.25) is 5.91 Å². The summed E-state index contributed by atoms with van der Waals surface area (Å²) in [7, 11) is 0. The van der Waals surface area contributed by atoms with E-state index in [1.165, 1.54) is 0 Å². The summed E-state index contributed by atoms with van der Waals surface area (Å²) >= 11 is 0. The maximum absolute atomic E-state index is 13.0. The van der Waals surface area contributed by atoms with E-state index >= 15 is 0 Å². The van der Waals surface area contributed by atoms with Gasteiger partial charge in [0.1, 0.15) is 11.9 Å². The van der Waals surface area contributed by atoms with E-state index in [4.69, 9.17) is 4.74 Å². The van der Waals surface area contributed by atoms with E-state index in [1.54, 1.807) is 18.7 Å². The number of carbonyl (C=O) groups is 1. The second kappa shape index (κ2) is 6.46. The quantitative estimate of drug-likeness (QED) is 0.851. The van der Waals surface area contributed by atoms with Gasteiger partial charge in [-0.1, -0.05) is 6.07 Å². The van der Waals surface area contributed by atoms with Gasteiger partial charge < -0.3 is 9.64 Å². The zero-order valence-corrected chi connectivity index (χ0v) is 14.7. The molecule has 0 radical (unpaired) electrons. The van der Waals surface area contributed by atoms with Crippen molar-refractivity contribution >= 4 is 11.6 Å². The number of hydrogen-bond acceptors (Lipinski definition) is 3. The van der Waals surface area contributed by atoms with Crippen LogP contribution in [-0.4, -0.2) is 28.3 Å². The summed E-state index contributed by atoms with van der Waals surface area (Å²) in [6.07, 6.45) is -0.103. The van der Waals surface area contributed by atoms with Crippen molar-refractivity contribution in [1.29, 1.82) is 0 Å². The van der Waals surface area contributed by atoms with Gasteiger partial charge in [-0.05, 0) is 45.4 Å². The molecule has 1 unspecified atom stereocenters. The fourth-order valence-corrected chi connectivity index (χ4v) is 3.17. The van der Waals surface area contributed by atoms with Crippen LogP contribution in [0, 0.1) is 20.8 Å². The lowest BCUT2D eigenvalue weighted by Gasteiger charge is -2.33. The molecule has 0 saturated carbocycles. The number of anilines is 1. The van der Waals surface area contributed by atoms with Gasteiger partial charge in [-0.15, -0.1) is 0 Å². The van der Waals surface area contributed by atoms with Crippen LogP contribution in [0.4, 0.5) is 14.5 Å². The molecule has 0 aliphatic carbocycles. The minimum atomic E-state index is -2.71. The SMILES string of the molecule is Cc1ccc2c(c1)OC(C)CN2C(=O)Cc1c(C)nn(C(F)F)c1C. The Labute approximate surface area is 145 Å². The van der Waals surface area contributed by atoms with Crippen LogP contribution >= 0.6 is 0 Å². The second-order valence-corrected chi connectivity index (χ2v) is 6.45. The molecule has 0 bridgehead atoms. The zero-order valence-electron chi connectivity index (χ0n) is 14.7. The average Bonchev–Trinajstić information content (AvgIpc) is 2.81. The molecule has 1 aromatic carbocycles. The Morgan fingerprint density at radius 3 is 2.72 bits per heavy atom. The van der Waals surface area contributed by atoms with Gasteiger partial charge in [0, 0.05) is 11.3 Å². The second-order valence-electron chi connectivity index (χ2n) is 6.45. The lowest BCUT2D eigenvalue weighted by Crippen LogP contribution is -2.43. The van der Waals surface area contributed by atoms with E-state index in [-0.39, 0.29) is 18.4 Å². The smallest absolute Gasteiger partial charge is 0.333 e. The van der Waals surface area contributed by atoms with Crippen molar-refractivity contribution in [3.63, 3.8) is 0 Å². The van der Waals surface area contributed by atoms with E-state index in [0.717, 1.165) is 5.56 Å². The number of halogens is 2. The Morgan fingerprint density at radius 1 is 1.36 bits per heavy atom. The van der Waals surface area contributed by atoms with E-state index < -0.39 is 6.55 Å². The van der Waals surface area contributed by atoms with Gasteiger partial charge in [-0.2, -0.15) is 13.9 Å². The molecule has 1 aromatic heterocycles. The highest BCUT2D eigenvalue weighted by atomic mass is 19.3. The Kier molecular flexibility index (Phi) is 4.49. The van der Waals surface area contributed by atoms with E-state index in [0.29, 0.717) is 39.6 Å². The molecule has 0 saturated heterocycles. The molecule has 25 heavy (non-hydrogen) atoms. The third-order valence-electron chi connectivity index (χ3n) is 4.46. The maximum Gasteiger partial charge on any atom is 0.333 e. The number of ether oxygens (including phenoxy) is 1. The van der Waals surface area contributed by atoms with Crippen molar-refractivity contribution < 1.29 is 18.3 Å².